The lowest BCUT2D eigenvalue weighted by Crippen LogP contribution is -2.32. The first-order valence-electron chi connectivity index (χ1n) is 6.97. The second-order valence-electron chi connectivity index (χ2n) is 4.85. The van der Waals surface area contributed by atoms with Gasteiger partial charge in [-0.1, -0.05) is 25.5 Å². The third kappa shape index (κ3) is 9.58. The highest BCUT2D eigenvalue weighted by Crippen LogP contribution is 2.40. The fourth-order valence-electron chi connectivity index (χ4n) is 1.71. The van der Waals surface area contributed by atoms with Crippen LogP contribution in [0.1, 0.15) is 32.6 Å². The monoisotopic (exact) mass is 319 g/mol. The Labute approximate surface area is 126 Å². The summed E-state index contributed by atoms with van der Waals surface area (Å²) in [4.78, 5) is 22.5. The Hall–Kier alpha value is -0.940. The molecule has 0 rings (SSSR count). The van der Waals surface area contributed by atoms with E-state index < -0.39 is 13.9 Å². The molecule has 0 aromatic heterocycles. The van der Waals surface area contributed by atoms with Crippen LogP contribution in [0, 0.1) is 0 Å². The molecule has 0 aliphatic carbocycles. The maximum atomic E-state index is 11.8. The van der Waals surface area contributed by atoms with Crippen molar-refractivity contribution in [1.82, 2.24) is 4.90 Å². The summed E-state index contributed by atoms with van der Waals surface area (Å²) < 4.78 is 15.7. The number of hydrogen-bond acceptors (Lipinski definition) is 4. The third-order valence-electron chi connectivity index (χ3n) is 2.80. The Morgan fingerprint density at radius 1 is 1.33 bits per heavy atom. The van der Waals surface area contributed by atoms with Crippen LogP contribution in [0.25, 0.3) is 0 Å². The maximum Gasteiger partial charge on any atom is 0.353 e. The Balaban J connectivity index is 3.82. The first kappa shape index (κ1) is 20.1. The lowest BCUT2D eigenvalue weighted by Gasteiger charge is -2.21. The smallest absolute Gasteiger partial charge is 0.353 e. The van der Waals surface area contributed by atoms with Gasteiger partial charge in [-0.25, -0.2) is 0 Å². The molecule has 0 saturated heterocycles. The standard InChI is InChI=1S/C14H26NO5P/c1-4-9-15(14(17)13(2)3)10-7-5-6-8-11-20-21(18,19)12-16/h4,16H,1-2,5-12H2,3H3,(H,18,19). The van der Waals surface area contributed by atoms with E-state index >= 15 is 0 Å². The number of carbonyl (C=O) groups is 1. The van der Waals surface area contributed by atoms with Gasteiger partial charge in [0.25, 0.3) is 0 Å². The molecular weight excluding hydrogens is 293 g/mol. The fourth-order valence-corrected chi connectivity index (χ4v) is 2.20. The lowest BCUT2D eigenvalue weighted by atomic mass is 10.2. The van der Waals surface area contributed by atoms with E-state index in [-0.39, 0.29) is 12.5 Å². The molecule has 122 valence electrons. The zero-order valence-corrected chi connectivity index (χ0v) is 13.6. The molecule has 1 amide bonds. The summed E-state index contributed by atoms with van der Waals surface area (Å²) in [5.74, 6) is -0.0672. The number of rotatable bonds is 12. The maximum absolute atomic E-state index is 11.8. The average molecular weight is 319 g/mol. The zero-order valence-electron chi connectivity index (χ0n) is 12.7. The average Bonchev–Trinajstić information content (AvgIpc) is 2.44. The molecule has 0 heterocycles. The topological polar surface area (TPSA) is 87.1 Å². The highest BCUT2D eigenvalue weighted by molar-refractivity contribution is 7.52. The third-order valence-corrected chi connectivity index (χ3v) is 3.74. The zero-order chi connectivity index (χ0) is 16.3. The van der Waals surface area contributed by atoms with Crippen molar-refractivity contribution < 1.29 is 23.9 Å². The predicted octanol–water partition coefficient (Wildman–Crippen LogP) is 2.29. The second-order valence-corrected chi connectivity index (χ2v) is 6.66. The Kier molecular flexibility index (Phi) is 10.3. The normalized spacial score (nSPS) is 13.5. The number of aliphatic hydroxyl groups excluding tert-OH is 1. The molecule has 7 heteroatoms. The van der Waals surface area contributed by atoms with E-state index in [1.165, 1.54) is 0 Å². The summed E-state index contributed by atoms with van der Waals surface area (Å²) in [5, 5.41) is 8.55. The van der Waals surface area contributed by atoms with E-state index in [0.717, 1.165) is 19.3 Å². The molecule has 2 N–H and O–H groups in total. The number of unbranched alkanes of at least 4 members (excludes halogenated alkanes) is 3. The Morgan fingerprint density at radius 3 is 2.48 bits per heavy atom. The Morgan fingerprint density at radius 2 is 1.95 bits per heavy atom. The Bertz CT molecular complexity index is 397. The highest BCUT2D eigenvalue weighted by Gasteiger charge is 2.16. The summed E-state index contributed by atoms with van der Waals surface area (Å²) in [6.07, 6.45) is 4.02. The van der Waals surface area contributed by atoms with Crippen molar-refractivity contribution >= 4 is 13.5 Å². The van der Waals surface area contributed by atoms with Gasteiger partial charge in [0, 0.05) is 18.7 Å². The van der Waals surface area contributed by atoms with Crippen molar-refractivity contribution in [3.8, 4) is 0 Å². The van der Waals surface area contributed by atoms with Crippen molar-refractivity contribution in [3.63, 3.8) is 0 Å². The quantitative estimate of drug-likeness (QED) is 0.249. The van der Waals surface area contributed by atoms with Crippen LogP contribution in [0.15, 0.2) is 24.8 Å². The molecular formula is C14H26NO5P. The van der Waals surface area contributed by atoms with Crippen molar-refractivity contribution in [2.45, 2.75) is 32.6 Å². The van der Waals surface area contributed by atoms with Gasteiger partial charge in [-0.2, -0.15) is 0 Å². The van der Waals surface area contributed by atoms with Crippen molar-refractivity contribution in [3.05, 3.63) is 24.8 Å². The fraction of sp³-hybridized carbons (Fsp3) is 0.643. The molecule has 0 aliphatic heterocycles. The van der Waals surface area contributed by atoms with Crippen LogP contribution in [-0.4, -0.2) is 46.9 Å². The van der Waals surface area contributed by atoms with Crippen LogP contribution >= 0.6 is 7.60 Å². The van der Waals surface area contributed by atoms with E-state index in [1.54, 1.807) is 17.9 Å². The van der Waals surface area contributed by atoms with Gasteiger partial charge in [0.2, 0.25) is 5.91 Å². The van der Waals surface area contributed by atoms with Gasteiger partial charge in [0.1, 0.15) is 6.35 Å². The first-order valence-corrected chi connectivity index (χ1v) is 8.73. The van der Waals surface area contributed by atoms with Gasteiger partial charge >= 0.3 is 7.60 Å². The van der Waals surface area contributed by atoms with Crippen molar-refractivity contribution in [1.29, 1.82) is 0 Å². The molecule has 0 aromatic carbocycles. The van der Waals surface area contributed by atoms with Gasteiger partial charge in [-0.3, -0.25) is 9.36 Å². The molecule has 0 fully saturated rings. The molecule has 0 aliphatic rings. The molecule has 0 bridgehead atoms. The second kappa shape index (κ2) is 10.7. The minimum absolute atomic E-state index is 0.0672. The molecule has 0 aromatic rings. The van der Waals surface area contributed by atoms with Crippen LogP contribution in [0.5, 0.6) is 0 Å². The van der Waals surface area contributed by atoms with E-state index in [2.05, 4.69) is 17.7 Å². The molecule has 21 heavy (non-hydrogen) atoms. The van der Waals surface area contributed by atoms with Crippen molar-refractivity contribution in [2.24, 2.45) is 0 Å². The summed E-state index contributed by atoms with van der Waals surface area (Å²) in [5.41, 5.74) is 0.507. The van der Waals surface area contributed by atoms with Crippen LogP contribution in [0.4, 0.5) is 0 Å². The number of hydrogen-bond donors (Lipinski definition) is 2. The number of aliphatic hydroxyl groups is 1. The summed E-state index contributed by atoms with van der Waals surface area (Å²) in [7, 11) is -3.80. The number of amides is 1. The number of carbonyl (C=O) groups excluding carboxylic acids is 1. The summed E-state index contributed by atoms with van der Waals surface area (Å²) in [6.45, 7) is 10.2. The van der Waals surface area contributed by atoms with Gasteiger partial charge in [-0.15, -0.1) is 6.58 Å². The highest BCUT2D eigenvalue weighted by atomic mass is 31.2. The van der Waals surface area contributed by atoms with Crippen LogP contribution in [0.3, 0.4) is 0 Å². The molecule has 0 saturated carbocycles. The van der Waals surface area contributed by atoms with Gasteiger partial charge < -0.3 is 19.4 Å². The van der Waals surface area contributed by atoms with Crippen LogP contribution in [0.2, 0.25) is 0 Å². The van der Waals surface area contributed by atoms with E-state index in [0.29, 0.717) is 25.1 Å². The van der Waals surface area contributed by atoms with Gasteiger partial charge in [-0.05, 0) is 19.8 Å². The molecule has 1 unspecified atom stereocenters. The molecule has 6 nitrogen and oxygen atoms in total. The molecule has 0 spiro atoms. The van der Waals surface area contributed by atoms with Crippen LogP contribution < -0.4 is 0 Å². The summed E-state index contributed by atoms with van der Waals surface area (Å²) in [6, 6.07) is 0. The molecule has 1 atom stereocenters. The minimum Gasteiger partial charge on any atom is -0.384 e. The van der Waals surface area contributed by atoms with E-state index in [1.807, 2.05) is 0 Å². The SMILES string of the molecule is C=CCN(CCCCCCOP(=O)(O)CO)C(=O)C(=C)C. The number of nitrogens with zero attached hydrogens (tertiary/aromatic N) is 1. The first-order chi connectivity index (χ1) is 9.84. The molecule has 0 radical (unpaired) electrons. The largest absolute Gasteiger partial charge is 0.384 e. The summed E-state index contributed by atoms with van der Waals surface area (Å²) >= 11 is 0. The van der Waals surface area contributed by atoms with Gasteiger partial charge in [0.15, 0.2) is 0 Å². The predicted molar refractivity (Wildman–Crippen MR) is 82.9 cm³/mol. The minimum atomic E-state index is -3.80. The van der Waals surface area contributed by atoms with Crippen LogP contribution in [-0.2, 0) is 13.9 Å². The van der Waals surface area contributed by atoms with E-state index in [9.17, 15) is 9.36 Å². The van der Waals surface area contributed by atoms with Crippen molar-refractivity contribution in [2.75, 3.05) is 26.0 Å². The lowest BCUT2D eigenvalue weighted by molar-refractivity contribution is -0.126. The van der Waals surface area contributed by atoms with E-state index in [4.69, 9.17) is 10.00 Å². The van der Waals surface area contributed by atoms with Gasteiger partial charge in [0.05, 0.1) is 6.61 Å².